The Kier molecular flexibility index (Phi) is 5.54. The molecule has 18 heavy (non-hydrogen) atoms. The molecule has 1 aromatic rings. The molecule has 0 unspecified atom stereocenters. The summed E-state index contributed by atoms with van der Waals surface area (Å²) in [6.45, 7) is 1.90. The molecule has 1 N–H and O–H groups in total. The van der Waals surface area contributed by atoms with Crippen LogP contribution in [0.3, 0.4) is 0 Å². The number of likely N-dealkylation sites (N-methyl/N-ethyl adjacent to an activating group) is 1. The van der Waals surface area contributed by atoms with Gasteiger partial charge in [0.05, 0.1) is 4.92 Å². The third-order valence-corrected chi connectivity index (χ3v) is 2.42. The van der Waals surface area contributed by atoms with Crippen molar-refractivity contribution in [1.29, 1.82) is 0 Å². The first-order valence-electron chi connectivity index (χ1n) is 5.74. The average Bonchev–Trinajstić information content (AvgIpc) is 2.30. The van der Waals surface area contributed by atoms with E-state index in [1.165, 1.54) is 6.07 Å². The van der Waals surface area contributed by atoms with E-state index in [0.717, 1.165) is 12.1 Å². The Hall–Kier alpha value is -1.66. The molecule has 0 aliphatic carbocycles. The van der Waals surface area contributed by atoms with Crippen molar-refractivity contribution in [3.05, 3.63) is 33.9 Å². The molecule has 100 valence electrons. The van der Waals surface area contributed by atoms with Gasteiger partial charge in [-0.3, -0.25) is 10.1 Å². The van der Waals surface area contributed by atoms with Gasteiger partial charge in [0.15, 0.2) is 0 Å². The zero-order valence-corrected chi connectivity index (χ0v) is 11.0. The average molecular weight is 253 g/mol. The van der Waals surface area contributed by atoms with Crippen LogP contribution >= 0.6 is 0 Å². The summed E-state index contributed by atoms with van der Waals surface area (Å²) in [5.74, 6) is 0.691. The van der Waals surface area contributed by atoms with Crippen LogP contribution in [0.4, 0.5) is 5.69 Å². The highest BCUT2D eigenvalue weighted by molar-refractivity contribution is 5.43. The smallest absolute Gasteiger partial charge is 0.270 e. The van der Waals surface area contributed by atoms with E-state index in [9.17, 15) is 10.1 Å². The van der Waals surface area contributed by atoms with Crippen LogP contribution in [0.5, 0.6) is 5.75 Å². The molecule has 0 bridgehead atoms. The third-order valence-electron chi connectivity index (χ3n) is 2.42. The molecule has 0 atom stereocenters. The van der Waals surface area contributed by atoms with Gasteiger partial charge in [0.1, 0.15) is 12.4 Å². The van der Waals surface area contributed by atoms with Gasteiger partial charge in [-0.15, -0.1) is 0 Å². The first kappa shape index (κ1) is 14.4. The quantitative estimate of drug-likeness (QED) is 0.585. The van der Waals surface area contributed by atoms with Gasteiger partial charge in [-0.05, 0) is 27.2 Å². The SMILES string of the molecule is CNCc1cc([N+](=O)[O-])ccc1OCCN(C)C. The Morgan fingerprint density at radius 2 is 2.17 bits per heavy atom. The Labute approximate surface area is 107 Å². The van der Waals surface area contributed by atoms with Crippen LogP contribution in [0, 0.1) is 10.1 Å². The fraction of sp³-hybridized carbons (Fsp3) is 0.500. The minimum Gasteiger partial charge on any atom is -0.492 e. The molecule has 6 heteroatoms. The number of nitrogens with one attached hydrogen (secondary N) is 1. The number of nitro benzene ring substituents is 1. The molecule has 1 rings (SSSR count). The second-order valence-electron chi connectivity index (χ2n) is 4.23. The molecular weight excluding hydrogens is 234 g/mol. The van der Waals surface area contributed by atoms with Crippen molar-refractivity contribution >= 4 is 5.69 Å². The molecule has 6 nitrogen and oxygen atoms in total. The Bertz CT molecular complexity index is 408. The Morgan fingerprint density at radius 3 is 2.72 bits per heavy atom. The van der Waals surface area contributed by atoms with E-state index in [1.807, 2.05) is 19.0 Å². The second-order valence-corrected chi connectivity index (χ2v) is 4.23. The fourth-order valence-corrected chi connectivity index (χ4v) is 1.49. The summed E-state index contributed by atoms with van der Waals surface area (Å²) in [5.41, 5.74) is 0.880. The third kappa shape index (κ3) is 4.31. The predicted octanol–water partition coefficient (Wildman–Crippen LogP) is 1.25. The molecule has 0 radical (unpaired) electrons. The van der Waals surface area contributed by atoms with Gasteiger partial charge in [0, 0.05) is 30.8 Å². The van der Waals surface area contributed by atoms with Crippen LogP contribution in [0.25, 0.3) is 0 Å². The molecule has 0 aromatic heterocycles. The number of nitrogens with zero attached hydrogens (tertiary/aromatic N) is 2. The highest BCUT2D eigenvalue weighted by atomic mass is 16.6. The second kappa shape index (κ2) is 6.93. The summed E-state index contributed by atoms with van der Waals surface area (Å²) in [6.07, 6.45) is 0. The minimum absolute atomic E-state index is 0.0835. The number of ether oxygens (including phenoxy) is 1. The molecule has 0 saturated carbocycles. The van der Waals surface area contributed by atoms with Crippen LogP contribution in [0.15, 0.2) is 18.2 Å². The molecule has 0 aliphatic heterocycles. The summed E-state index contributed by atoms with van der Waals surface area (Å²) in [4.78, 5) is 12.3. The Morgan fingerprint density at radius 1 is 1.44 bits per heavy atom. The lowest BCUT2D eigenvalue weighted by Gasteiger charge is -2.13. The van der Waals surface area contributed by atoms with E-state index < -0.39 is 4.92 Å². The Balaban J connectivity index is 2.79. The molecule has 0 amide bonds. The van der Waals surface area contributed by atoms with Crippen molar-refractivity contribution in [2.45, 2.75) is 6.54 Å². The summed E-state index contributed by atoms with van der Waals surface area (Å²) >= 11 is 0. The maximum absolute atomic E-state index is 10.7. The normalized spacial score (nSPS) is 10.7. The monoisotopic (exact) mass is 253 g/mol. The van der Waals surface area contributed by atoms with E-state index in [4.69, 9.17) is 4.74 Å². The highest BCUT2D eigenvalue weighted by Gasteiger charge is 2.11. The minimum atomic E-state index is -0.400. The van der Waals surface area contributed by atoms with Crippen molar-refractivity contribution in [1.82, 2.24) is 10.2 Å². The van der Waals surface area contributed by atoms with Crippen molar-refractivity contribution in [3.63, 3.8) is 0 Å². The maximum atomic E-state index is 10.7. The van der Waals surface area contributed by atoms with Crippen molar-refractivity contribution in [2.75, 3.05) is 34.3 Å². The molecular formula is C12H19N3O3. The highest BCUT2D eigenvalue weighted by Crippen LogP contribution is 2.24. The van der Waals surface area contributed by atoms with Crippen LogP contribution in [-0.2, 0) is 6.54 Å². The largest absolute Gasteiger partial charge is 0.492 e. The van der Waals surface area contributed by atoms with E-state index in [2.05, 4.69) is 5.32 Å². The summed E-state index contributed by atoms with van der Waals surface area (Å²) < 4.78 is 5.63. The fourth-order valence-electron chi connectivity index (χ4n) is 1.49. The van der Waals surface area contributed by atoms with Gasteiger partial charge >= 0.3 is 0 Å². The number of hydrogen-bond acceptors (Lipinski definition) is 5. The van der Waals surface area contributed by atoms with Gasteiger partial charge in [-0.1, -0.05) is 0 Å². The number of non-ortho nitro benzene ring substituents is 1. The topological polar surface area (TPSA) is 67.6 Å². The molecule has 1 aromatic carbocycles. The van der Waals surface area contributed by atoms with Gasteiger partial charge < -0.3 is 15.0 Å². The summed E-state index contributed by atoms with van der Waals surface area (Å²) in [5, 5.41) is 13.7. The lowest BCUT2D eigenvalue weighted by atomic mass is 10.2. The first-order valence-corrected chi connectivity index (χ1v) is 5.74. The first-order chi connectivity index (χ1) is 8.54. The number of hydrogen-bond donors (Lipinski definition) is 1. The predicted molar refractivity (Wildman–Crippen MR) is 69.9 cm³/mol. The zero-order valence-electron chi connectivity index (χ0n) is 11.0. The lowest BCUT2D eigenvalue weighted by molar-refractivity contribution is -0.384. The van der Waals surface area contributed by atoms with Crippen LogP contribution in [0.2, 0.25) is 0 Å². The summed E-state index contributed by atoms with van der Waals surface area (Å²) in [7, 11) is 5.73. The van der Waals surface area contributed by atoms with Gasteiger partial charge in [0.25, 0.3) is 5.69 Å². The molecule has 0 aliphatic rings. The molecule has 0 heterocycles. The van der Waals surface area contributed by atoms with Crippen LogP contribution < -0.4 is 10.1 Å². The molecule has 0 saturated heterocycles. The standard InChI is InChI=1S/C12H19N3O3/c1-13-9-10-8-11(15(16)17)4-5-12(10)18-7-6-14(2)3/h4-5,8,13H,6-7,9H2,1-3H3. The van der Waals surface area contributed by atoms with Crippen molar-refractivity contribution in [3.8, 4) is 5.75 Å². The van der Waals surface area contributed by atoms with Crippen LogP contribution in [0.1, 0.15) is 5.56 Å². The zero-order chi connectivity index (χ0) is 13.5. The number of nitro groups is 1. The maximum Gasteiger partial charge on any atom is 0.270 e. The van der Waals surface area contributed by atoms with Gasteiger partial charge in [-0.25, -0.2) is 0 Å². The van der Waals surface area contributed by atoms with Crippen molar-refractivity contribution < 1.29 is 9.66 Å². The van der Waals surface area contributed by atoms with E-state index in [-0.39, 0.29) is 5.69 Å². The van der Waals surface area contributed by atoms with Gasteiger partial charge in [-0.2, -0.15) is 0 Å². The van der Waals surface area contributed by atoms with Crippen molar-refractivity contribution in [2.24, 2.45) is 0 Å². The summed E-state index contributed by atoms with van der Waals surface area (Å²) in [6, 6.07) is 4.66. The molecule has 0 fully saturated rings. The number of rotatable bonds is 7. The van der Waals surface area contributed by atoms with E-state index in [0.29, 0.717) is 18.9 Å². The van der Waals surface area contributed by atoms with Gasteiger partial charge in [0.2, 0.25) is 0 Å². The van der Waals surface area contributed by atoms with E-state index >= 15 is 0 Å². The van der Waals surface area contributed by atoms with Crippen LogP contribution in [-0.4, -0.2) is 44.1 Å². The number of benzene rings is 1. The van der Waals surface area contributed by atoms with E-state index in [1.54, 1.807) is 19.2 Å². The lowest BCUT2D eigenvalue weighted by Crippen LogP contribution is -2.20. The molecule has 0 spiro atoms.